The third-order valence-electron chi connectivity index (χ3n) is 3.81. The van der Waals surface area contributed by atoms with Crippen molar-refractivity contribution in [1.29, 1.82) is 0 Å². The zero-order chi connectivity index (χ0) is 17.0. The standard InChI is InChI=1S/C17H27N3O3/c1-12(10-17(2,3)4)9-16(22)20(13-5-6-13)11-15(21)18-14-7-8-23-19-14/h7-8,12-13H,5-6,9-11H2,1-4H3,(H,18,19,21). The Bertz CT molecular complexity index is 530. The lowest BCUT2D eigenvalue weighted by Crippen LogP contribution is -2.40. The van der Waals surface area contributed by atoms with Crippen molar-refractivity contribution < 1.29 is 14.1 Å². The van der Waals surface area contributed by atoms with E-state index in [1.54, 1.807) is 11.0 Å². The summed E-state index contributed by atoms with van der Waals surface area (Å²) in [5.74, 6) is 0.517. The summed E-state index contributed by atoms with van der Waals surface area (Å²) in [7, 11) is 0. The maximum Gasteiger partial charge on any atom is 0.245 e. The van der Waals surface area contributed by atoms with Gasteiger partial charge in [0.25, 0.3) is 0 Å². The van der Waals surface area contributed by atoms with E-state index < -0.39 is 0 Å². The lowest BCUT2D eigenvalue weighted by molar-refractivity contribution is -0.136. The minimum absolute atomic E-state index is 0.0690. The maximum absolute atomic E-state index is 12.6. The van der Waals surface area contributed by atoms with Crippen LogP contribution in [0.1, 0.15) is 53.4 Å². The van der Waals surface area contributed by atoms with Gasteiger partial charge in [0, 0.05) is 18.5 Å². The first kappa shape index (κ1) is 17.5. The highest BCUT2D eigenvalue weighted by Gasteiger charge is 2.34. The summed E-state index contributed by atoms with van der Waals surface area (Å²) >= 11 is 0. The predicted octanol–water partition coefficient (Wildman–Crippen LogP) is 3.07. The average Bonchev–Trinajstić information content (AvgIpc) is 3.11. The van der Waals surface area contributed by atoms with Crippen LogP contribution >= 0.6 is 0 Å². The van der Waals surface area contributed by atoms with Gasteiger partial charge < -0.3 is 14.7 Å². The van der Waals surface area contributed by atoms with E-state index in [0.29, 0.717) is 18.2 Å². The van der Waals surface area contributed by atoms with E-state index in [9.17, 15) is 9.59 Å². The summed E-state index contributed by atoms with van der Waals surface area (Å²) in [6, 6.07) is 1.79. The van der Waals surface area contributed by atoms with Crippen LogP contribution in [0.15, 0.2) is 16.9 Å². The molecule has 0 aliphatic heterocycles. The molecule has 0 radical (unpaired) electrons. The van der Waals surface area contributed by atoms with Crippen molar-refractivity contribution in [3.8, 4) is 0 Å². The van der Waals surface area contributed by atoms with Crippen molar-refractivity contribution >= 4 is 17.6 Å². The molecule has 1 aliphatic rings. The number of amides is 2. The van der Waals surface area contributed by atoms with Crippen LogP contribution in [-0.4, -0.2) is 34.5 Å². The van der Waals surface area contributed by atoms with Gasteiger partial charge in [0.2, 0.25) is 11.8 Å². The van der Waals surface area contributed by atoms with Gasteiger partial charge in [-0.05, 0) is 30.6 Å². The summed E-state index contributed by atoms with van der Waals surface area (Å²) < 4.78 is 4.68. The quantitative estimate of drug-likeness (QED) is 0.837. The lowest BCUT2D eigenvalue weighted by Gasteiger charge is -2.26. The number of aromatic nitrogens is 1. The highest BCUT2D eigenvalue weighted by atomic mass is 16.5. The molecule has 0 bridgehead atoms. The van der Waals surface area contributed by atoms with Crippen molar-refractivity contribution in [2.75, 3.05) is 11.9 Å². The number of anilines is 1. The summed E-state index contributed by atoms with van der Waals surface area (Å²) in [6.45, 7) is 8.72. The smallest absolute Gasteiger partial charge is 0.245 e. The Morgan fingerprint density at radius 3 is 2.65 bits per heavy atom. The maximum atomic E-state index is 12.6. The molecule has 1 atom stereocenters. The minimum Gasteiger partial charge on any atom is -0.363 e. The van der Waals surface area contributed by atoms with Crippen molar-refractivity contribution in [2.45, 2.75) is 59.4 Å². The van der Waals surface area contributed by atoms with E-state index in [1.165, 1.54) is 6.26 Å². The number of nitrogens with one attached hydrogen (secondary N) is 1. The second-order valence-corrected chi connectivity index (χ2v) is 7.76. The van der Waals surface area contributed by atoms with Crippen molar-refractivity contribution in [3.63, 3.8) is 0 Å². The molecule has 1 aliphatic carbocycles. The third-order valence-corrected chi connectivity index (χ3v) is 3.81. The molecular formula is C17H27N3O3. The Morgan fingerprint density at radius 2 is 2.13 bits per heavy atom. The number of hydrogen-bond acceptors (Lipinski definition) is 4. The predicted molar refractivity (Wildman–Crippen MR) is 87.7 cm³/mol. The Kier molecular flexibility index (Phi) is 5.44. The van der Waals surface area contributed by atoms with Crippen LogP contribution in [0, 0.1) is 11.3 Å². The van der Waals surface area contributed by atoms with Gasteiger partial charge in [-0.15, -0.1) is 0 Å². The number of rotatable bonds is 7. The summed E-state index contributed by atoms with van der Waals surface area (Å²) in [5, 5.41) is 6.29. The molecule has 1 aromatic heterocycles. The molecule has 1 heterocycles. The van der Waals surface area contributed by atoms with Gasteiger partial charge in [0.15, 0.2) is 5.82 Å². The largest absolute Gasteiger partial charge is 0.363 e. The second kappa shape index (κ2) is 7.15. The highest BCUT2D eigenvalue weighted by molar-refractivity contribution is 5.93. The Morgan fingerprint density at radius 1 is 1.43 bits per heavy atom. The molecule has 23 heavy (non-hydrogen) atoms. The van der Waals surface area contributed by atoms with Gasteiger partial charge in [0.05, 0.1) is 0 Å². The number of carbonyl (C=O) groups is 2. The first-order valence-corrected chi connectivity index (χ1v) is 8.24. The normalized spacial score (nSPS) is 16.0. The molecule has 1 unspecified atom stereocenters. The van der Waals surface area contributed by atoms with Crippen LogP contribution in [0.2, 0.25) is 0 Å². The van der Waals surface area contributed by atoms with Crippen LogP contribution in [0.25, 0.3) is 0 Å². The summed E-state index contributed by atoms with van der Waals surface area (Å²) in [5.41, 5.74) is 0.203. The average molecular weight is 321 g/mol. The monoisotopic (exact) mass is 321 g/mol. The van der Waals surface area contributed by atoms with Crippen LogP contribution in [-0.2, 0) is 9.59 Å². The van der Waals surface area contributed by atoms with E-state index in [0.717, 1.165) is 19.3 Å². The first-order valence-electron chi connectivity index (χ1n) is 8.24. The van der Waals surface area contributed by atoms with Crippen molar-refractivity contribution in [1.82, 2.24) is 10.1 Å². The van der Waals surface area contributed by atoms with E-state index >= 15 is 0 Å². The number of carbonyl (C=O) groups excluding carboxylic acids is 2. The Balaban J connectivity index is 1.87. The molecule has 2 rings (SSSR count). The van der Waals surface area contributed by atoms with Crippen LogP contribution < -0.4 is 5.32 Å². The molecule has 1 N–H and O–H groups in total. The molecule has 0 saturated heterocycles. The second-order valence-electron chi connectivity index (χ2n) is 7.76. The molecule has 6 nitrogen and oxygen atoms in total. The Labute approximate surface area is 137 Å². The lowest BCUT2D eigenvalue weighted by atomic mass is 9.84. The molecule has 6 heteroatoms. The van der Waals surface area contributed by atoms with E-state index in [-0.39, 0.29) is 29.8 Å². The van der Waals surface area contributed by atoms with Gasteiger partial charge in [0.1, 0.15) is 12.8 Å². The minimum atomic E-state index is -0.234. The molecular weight excluding hydrogens is 294 g/mol. The van der Waals surface area contributed by atoms with E-state index in [1.807, 2.05) is 0 Å². The van der Waals surface area contributed by atoms with Gasteiger partial charge in [-0.3, -0.25) is 9.59 Å². The fourth-order valence-corrected chi connectivity index (χ4v) is 2.95. The molecule has 1 fully saturated rings. The van der Waals surface area contributed by atoms with Crippen LogP contribution in [0.4, 0.5) is 5.82 Å². The first-order chi connectivity index (χ1) is 10.7. The molecule has 128 valence electrons. The van der Waals surface area contributed by atoms with Gasteiger partial charge in [-0.2, -0.15) is 0 Å². The number of nitrogens with zero attached hydrogens (tertiary/aromatic N) is 2. The molecule has 1 saturated carbocycles. The fraction of sp³-hybridized carbons (Fsp3) is 0.706. The molecule has 0 aromatic carbocycles. The van der Waals surface area contributed by atoms with Gasteiger partial charge in [-0.1, -0.05) is 32.9 Å². The molecule has 1 aromatic rings. The number of hydrogen-bond donors (Lipinski definition) is 1. The van der Waals surface area contributed by atoms with Crippen LogP contribution in [0.5, 0.6) is 0 Å². The summed E-state index contributed by atoms with van der Waals surface area (Å²) in [4.78, 5) is 26.4. The van der Waals surface area contributed by atoms with Crippen LogP contribution in [0.3, 0.4) is 0 Å². The van der Waals surface area contributed by atoms with Gasteiger partial charge >= 0.3 is 0 Å². The zero-order valence-electron chi connectivity index (χ0n) is 14.5. The molecule has 0 spiro atoms. The fourth-order valence-electron chi connectivity index (χ4n) is 2.95. The topological polar surface area (TPSA) is 75.4 Å². The van der Waals surface area contributed by atoms with Crippen molar-refractivity contribution in [3.05, 3.63) is 12.3 Å². The van der Waals surface area contributed by atoms with Crippen molar-refractivity contribution in [2.24, 2.45) is 11.3 Å². The summed E-state index contributed by atoms with van der Waals surface area (Å²) in [6.07, 6.45) is 4.84. The molecule has 2 amide bonds. The Hall–Kier alpha value is -1.85. The SMILES string of the molecule is CC(CC(=O)N(CC(=O)Nc1ccon1)C1CC1)CC(C)(C)C. The zero-order valence-corrected chi connectivity index (χ0v) is 14.5. The van der Waals surface area contributed by atoms with Gasteiger partial charge in [-0.25, -0.2) is 0 Å². The third kappa shape index (κ3) is 6.04. The van der Waals surface area contributed by atoms with E-state index in [2.05, 4.69) is 42.7 Å². The van der Waals surface area contributed by atoms with E-state index in [4.69, 9.17) is 0 Å². The highest BCUT2D eigenvalue weighted by Crippen LogP contribution is 2.30.